The highest BCUT2D eigenvalue weighted by Crippen LogP contribution is 2.48. The van der Waals surface area contributed by atoms with Gasteiger partial charge in [0, 0.05) is 12.8 Å². The van der Waals surface area contributed by atoms with Crippen molar-refractivity contribution in [1.82, 2.24) is 0 Å². The van der Waals surface area contributed by atoms with Gasteiger partial charge in [0.05, 0.1) is 10.6 Å². The first kappa shape index (κ1) is 13.0. The summed E-state index contributed by atoms with van der Waals surface area (Å²) in [6.45, 7) is 0.910. The van der Waals surface area contributed by atoms with Gasteiger partial charge in [-0.25, -0.2) is 8.42 Å². The van der Waals surface area contributed by atoms with Crippen LogP contribution >= 0.6 is 0 Å². The van der Waals surface area contributed by atoms with Crippen LogP contribution in [0.1, 0.15) is 25.7 Å². The van der Waals surface area contributed by atoms with Crippen LogP contribution in [0.3, 0.4) is 0 Å². The summed E-state index contributed by atoms with van der Waals surface area (Å²) in [7, 11) is -3.15. The second-order valence-electron chi connectivity index (χ2n) is 6.08. The SMILES string of the molecule is CS(=O)(=O)c1ccccc1NCC1CC2CCC1C2. The Morgan fingerprint density at radius 3 is 2.63 bits per heavy atom. The summed E-state index contributed by atoms with van der Waals surface area (Å²) in [5.74, 6) is 2.52. The zero-order chi connectivity index (χ0) is 13.5. The molecule has 3 rings (SSSR count). The molecule has 0 amide bonds. The molecule has 1 N–H and O–H groups in total. The molecule has 2 aliphatic rings. The molecular weight excluding hydrogens is 258 g/mol. The first-order chi connectivity index (χ1) is 9.04. The summed E-state index contributed by atoms with van der Waals surface area (Å²) >= 11 is 0. The summed E-state index contributed by atoms with van der Waals surface area (Å²) in [4.78, 5) is 0.415. The van der Waals surface area contributed by atoms with Gasteiger partial charge in [-0.2, -0.15) is 0 Å². The van der Waals surface area contributed by atoms with Crippen molar-refractivity contribution in [2.75, 3.05) is 18.1 Å². The monoisotopic (exact) mass is 279 g/mol. The average Bonchev–Trinajstić information content (AvgIpc) is 2.97. The molecule has 0 aliphatic heterocycles. The summed E-state index contributed by atoms with van der Waals surface area (Å²) in [6.07, 6.45) is 6.75. The molecule has 0 spiro atoms. The zero-order valence-electron chi connectivity index (χ0n) is 11.3. The fourth-order valence-electron chi connectivity index (χ4n) is 3.80. The van der Waals surface area contributed by atoms with Gasteiger partial charge in [-0.1, -0.05) is 18.6 Å². The Bertz CT molecular complexity index is 567. The van der Waals surface area contributed by atoms with Crippen LogP contribution in [0.15, 0.2) is 29.2 Å². The van der Waals surface area contributed by atoms with E-state index in [1.165, 1.54) is 31.9 Å². The molecular formula is C15H21NO2S. The third-order valence-electron chi connectivity index (χ3n) is 4.73. The molecule has 3 unspecified atom stereocenters. The van der Waals surface area contributed by atoms with E-state index in [2.05, 4.69) is 5.32 Å². The van der Waals surface area contributed by atoms with E-state index in [-0.39, 0.29) is 0 Å². The first-order valence-electron chi connectivity index (χ1n) is 7.07. The van der Waals surface area contributed by atoms with Gasteiger partial charge < -0.3 is 5.32 Å². The molecule has 0 radical (unpaired) electrons. The number of anilines is 1. The average molecular weight is 279 g/mol. The normalized spacial score (nSPS) is 29.6. The van der Waals surface area contributed by atoms with Gasteiger partial charge >= 0.3 is 0 Å². The number of hydrogen-bond acceptors (Lipinski definition) is 3. The summed E-state index contributed by atoms with van der Waals surface area (Å²) in [5, 5.41) is 3.37. The van der Waals surface area contributed by atoms with E-state index in [1.54, 1.807) is 12.1 Å². The van der Waals surface area contributed by atoms with Crippen molar-refractivity contribution in [3.63, 3.8) is 0 Å². The van der Waals surface area contributed by atoms with Crippen LogP contribution in [0.4, 0.5) is 5.69 Å². The van der Waals surface area contributed by atoms with Crippen molar-refractivity contribution < 1.29 is 8.42 Å². The Morgan fingerprint density at radius 1 is 1.21 bits per heavy atom. The number of nitrogens with one attached hydrogen (secondary N) is 1. The highest BCUT2D eigenvalue weighted by molar-refractivity contribution is 7.90. The molecule has 4 heteroatoms. The maximum Gasteiger partial charge on any atom is 0.177 e. The third kappa shape index (κ3) is 2.64. The molecule has 1 aromatic rings. The molecule has 0 heterocycles. The lowest BCUT2D eigenvalue weighted by Crippen LogP contribution is -2.20. The minimum absolute atomic E-state index is 0.415. The van der Waals surface area contributed by atoms with E-state index >= 15 is 0 Å². The zero-order valence-corrected chi connectivity index (χ0v) is 12.1. The summed E-state index contributed by atoms with van der Waals surface area (Å²) in [5.41, 5.74) is 0.757. The number of rotatable bonds is 4. The molecule has 104 valence electrons. The Labute approximate surface area is 115 Å². The van der Waals surface area contributed by atoms with Crippen molar-refractivity contribution in [2.24, 2.45) is 17.8 Å². The van der Waals surface area contributed by atoms with Gasteiger partial charge in [-0.15, -0.1) is 0 Å². The lowest BCUT2D eigenvalue weighted by Gasteiger charge is -2.23. The van der Waals surface area contributed by atoms with Crippen LogP contribution in [0.25, 0.3) is 0 Å². The van der Waals surface area contributed by atoms with E-state index in [1.807, 2.05) is 12.1 Å². The minimum atomic E-state index is -3.15. The van der Waals surface area contributed by atoms with E-state index in [0.717, 1.165) is 30.0 Å². The molecule has 3 nitrogen and oxygen atoms in total. The Kier molecular flexibility index (Phi) is 3.29. The van der Waals surface area contributed by atoms with Crippen LogP contribution in [-0.4, -0.2) is 21.2 Å². The predicted molar refractivity (Wildman–Crippen MR) is 77.0 cm³/mol. The highest BCUT2D eigenvalue weighted by atomic mass is 32.2. The molecule has 0 aromatic heterocycles. The standard InChI is InChI=1S/C15H21NO2S/c1-19(17,18)15-5-3-2-4-14(15)16-10-13-9-11-6-7-12(13)8-11/h2-5,11-13,16H,6-10H2,1H3. The Balaban J connectivity index is 1.71. The maximum atomic E-state index is 11.7. The van der Waals surface area contributed by atoms with Crippen molar-refractivity contribution >= 4 is 15.5 Å². The van der Waals surface area contributed by atoms with Crippen LogP contribution in [0, 0.1) is 17.8 Å². The molecule has 2 bridgehead atoms. The molecule has 2 fully saturated rings. The van der Waals surface area contributed by atoms with Crippen molar-refractivity contribution in [2.45, 2.75) is 30.6 Å². The van der Waals surface area contributed by atoms with Gasteiger partial charge in [0.15, 0.2) is 9.84 Å². The number of benzene rings is 1. The second kappa shape index (κ2) is 4.82. The van der Waals surface area contributed by atoms with Crippen molar-refractivity contribution in [3.05, 3.63) is 24.3 Å². The Morgan fingerprint density at radius 2 is 2.00 bits per heavy atom. The number of para-hydroxylation sites is 1. The van der Waals surface area contributed by atoms with E-state index < -0.39 is 9.84 Å². The smallest absolute Gasteiger partial charge is 0.177 e. The van der Waals surface area contributed by atoms with Crippen LogP contribution in [-0.2, 0) is 9.84 Å². The van der Waals surface area contributed by atoms with E-state index in [0.29, 0.717) is 4.90 Å². The lowest BCUT2D eigenvalue weighted by atomic mass is 9.89. The quantitative estimate of drug-likeness (QED) is 0.921. The van der Waals surface area contributed by atoms with Gasteiger partial charge in [0.25, 0.3) is 0 Å². The highest BCUT2D eigenvalue weighted by Gasteiger charge is 2.39. The predicted octanol–water partition coefficient (Wildman–Crippen LogP) is 2.94. The summed E-state index contributed by atoms with van der Waals surface area (Å²) in [6, 6.07) is 7.21. The molecule has 2 saturated carbocycles. The molecule has 2 aliphatic carbocycles. The van der Waals surface area contributed by atoms with E-state index in [4.69, 9.17) is 0 Å². The van der Waals surface area contributed by atoms with Crippen LogP contribution in [0.2, 0.25) is 0 Å². The second-order valence-corrected chi connectivity index (χ2v) is 8.07. The molecule has 0 saturated heterocycles. The maximum absolute atomic E-state index is 11.7. The van der Waals surface area contributed by atoms with Gasteiger partial charge in [-0.05, 0) is 49.1 Å². The van der Waals surface area contributed by atoms with Crippen LogP contribution < -0.4 is 5.32 Å². The number of fused-ring (bicyclic) bond motifs is 2. The van der Waals surface area contributed by atoms with Crippen molar-refractivity contribution in [1.29, 1.82) is 0 Å². The largest absolute Gasteiger partial charge is 0.384 e. The number of sulfone groups is 1. The minimum Gasteiger partial charge on any atom is -0.384 e. The molecule has 1 aromatic carbocycles. The van der Waals surface area contributed by atoms with E-state index in [9.17, 15) is 8.42 Å². The number of hydrogen-bond donors (Lipinski definition) is 1. The van der Waals surface area contributed by atoms with Gasteiger partial charge in [0.2, 0.25) is 0 Å². The topological polar surface area (TPSA) is 46.2 Å². The Hall–Kier alpha value is -1.03. The molecule has 19 heavy (non-hydrogen) atoms. The van der Waals surface area contributed by atoms with Gasteiger partial charge in [0.1, 0.15) is 0 Å². The first-order valence-corrected chi connectivity index (χ1v) is 8.96. The fraction of sp³-hybridized carbons (Fsp3) is 0.600. The summed E-state index contributed by atoms with van der Waals surface area (Å²) < 4.78 is 23.5. The fourth-order valence-corrected chi connectivity index (χ4v) is 4.67. The van der Waals surface area contributed by atoms with Crippen LogP contribution in [0.5, 0.6) is 0 Å². The molecule has 3 atom stereocenters. The lowest BCUT2D eigenvalue weighted by molar-refractivity contribution is 0.348. The van der Waals surface area contributed by atoms with Crippen molar-refractivity contribution in [3.8, 4) is 0 Å². The van der Waals surface area contributed by atoms with Gasteiger partial charge in [-0.3, -0.25) is 0 Å². The third-order valence-corrected chi connectivity index (χ3v) is 5.88.